The number of amides is 1. The molecule has 0 spiro atoms. The third-order valence-corrected chi connectivity index (χ3v) is 4.43. The van der Waals surface area contributed by atoms with E-state index in [2.05, 4.69) is 5.32 Å². The van der Waals surface area contributed by atoms with Crippen molar-refractivity contribution in [1.82, 2.24) is 9.78 Å². The first-order valence-corrected chi connectivity index (χ1v) is 9.39. The van der Waals surface area contributed by atoms with Crippen LogP contribution in [0.1, 0.15) is 12.5 Å². The van der Waals surface area contributed by atoms with E-state index < -0.39 is 0 Å². The zero-order chi connectivity index (χ0) is 20.1. The standard InChI is InChI=1S/C24H21N3O2/c1-18(28)25-21-12-14-23(15-13-21)29-17-20-16-27(22-10-6-3-7-11-22)26-24(20)19-8-4-2-5-9-19/h2-16H,17H2,1H3,(H,25,28). The number of benzene rings is 3. The monoisotopic (exact) mass is 383 g/mol. The van der Waals surface area contributed by atoms with E-state index in [4.69, 9.17) is 9.84 Å². The number of hydrogen-bond donors (Lipinski definition) is 1. The highest BCUT2D eigenvalue weighted by Gasteiger charge is 2.13. The summed E-state index contributed by atoms with van der Waals surface area (Å²) < 4.78 is 7.87. The van der Waals surface area contributed by atoms with E-state index in [0.717, 1.165) is 33.9 Å². The summed E-state index contributed by atoms with van der Waals surface area (Å²) >= 11 is 0. The number of aromatic nitrogens is 2. The number of nitrogens with zero attached hydrogens (tertiary/aromatic N) is 2. The predicted octanol–water partition coefficient (Wildman–Crippen LogP) is 5.08. The molecule has 4 aromatic rings. The van der Waals surface area contributed by atoms with Crippen molar-refractivity contribution < 1.29 is 9.53 Å². The smallest absolute Gasteiger partial charge is 0.221 e. The van der Waals surface area contributed by atoms with Crippen LogP contribution in [0.25, 0.3) is 16.9 Å². The van der Waals surface area contributed by atoms with Gasteiger partial charge in [0.05, 0.1) is 11.4 Å². The van der Waals surface area contributed by atoms with Gasteiger partial charge in [0.2, 0.25) is 5.91 Å². The highest BCUT2D eigenvalue weighted by Crippen LogP contribution is 2.25. The van der Waals surface area contributed by atoms with Gasteiger partial charge in [-0.2, -0.15) is 5.10 Å². The molecule has 0 bridgehead atoms. The normalized spacial score (nSPS) is 10.5. The summed E-state index contributed by atoms with van der Waals surface area (Å²) in [4.78, 5) is 11.1. The molecule has 0 saturated heterocycles. The van der Waals surface area contributed by atoms with Crippen molar-refractivity contribution >= 4 is 11.6 Å². The summed E-state index contributed by atoms with van der Waals surface area (Å²) in [6.45, 7) is 1.87. The minimum atomic E-state index is -0.0977. The Morgan fingerprint density at radius 2 is 1.59 bits per heavy atom. The van der Waals surface area contributed by atoms with Crippen molar-refractivity contribution in [2.75, 3.05) is 5.32 Å². The first kappa shape index (κ1) is 18.5. The maximum Gasteiger partial charge on any atom is 0.221 e. The van der Waals surface area contributed by atoms with Gasteiger partial charge in [-0.25, -0.2) is 4.68 Å². The maximum atomic E-state index is 11.1. The van der Waals surface area contributed by atoms with Crippen molar-refractivity contribution in [2.24, 2.45) is 0 Å². The Hall–Kier alpha value is -3.86. The predicted molar refractivity (Wildman–Crippen MR) is 114 cm³/mol. The number of para-hydroxylation sites is 1. The molecule has 0 unspecified atom stereocenters. The number of rotatable bonds is 6. The average molecular weight is 383 g/mol. The molecule has 144 valence electrons. The Kier molecular flexibility index (Phi) is 5.38. The first-order chi connectivity index (χ1) is 14.2. The third-order valence-electron chi connectivity index (χ3n) is 4.43. The van der Waals surface area contributed by atoms with Crippen molar-refractivity contribution in [2.45, 2.75) is 13.5 Å². The van der Waals surface area contributed by atoms with E-state index in [9.17, 15) is 4.79 Å². The van der Waals surface area contributed by atoms with Crippen LogP contribution in [0.4, 0.5) is 5.69 Å². The molecule has 0 saturated carbocycles. The van der Waals surface area contributed by atoms with Gasteiger partial charge < -0.3 is 10.1 Å². The maximum absolute atomic E-state index is 11.1. The summed E-state index contributed by atoms with van der Waals surface area (Å²) in [6.07, 6.45) is 2.00. The van der Waals surface area contributed by atoms with E-state index in [-0.39, 0.29) is 5.91 Å². The fourth-order valence-corrected chi connectivity index (χ4v) is 3.07. The van der Waals surface area contributed by atoms with Crippen LogP contribution in [0.3, 0.4) is 0 Å². The number of carbonyl (C=O) groups excluding carboxylic acids is 1. The second kappa shape index (κ2) is 8.44. The lowest BCUT2D eigenvalue weighted by atomic mass is 10.1. The molecular weight excluding hydrogens is 362 g/mol. The van der Waals surface area contributed by atoms with Gasteiger partial charge >= 0.3 is 0 Å². The largest absolute Gasteiger partial charge is 0.489 e. The van der Waals surface area contributed by atoms with Crippen LogP contribution in [-0.4, -0.2) is 15.7 Å². The van der Waals surface area contributed by atoms with Crippen molar-refractivity contribution in [3.63, 3.8) is 0 Å². The van der Waals surface area contributed by atoms with Crippen molar-refractivity contribution in [3.05, 3.63) is 96.7 Å². The molecule has 4 rings (SSSR count). The topological polar surface area (TPSA) is 56.1 Å². The lowest BCUT2D eigenvalue weighted by Crippen LogP contribution is -2.05. The molecule has 0 radical (unpaired) electrons. The molecule has 3 aromatic carbocycles. The lowest BCUT2D eigenvalue weighted by molar-refractivity contribution is -0.114. The van der Waals surface area contributed by atoms with E-state index in [1.54, 1.807) is 0 Å². The zero-order valence-corrected chi connectivity index (χ0v) is 16.1. The molecule has 0 aliphatic carbocycles. The quantitative estimate of drug-likeness (QED) is 0.505. The summed E-state index contributed by atoms with van der Waals surface area (Å²) in [6, 6.07) is 27.4. The zero-order valence-electron chi connectivity index (χ0n) is 16.1. The highest BCUT2D eigenvalue weighted by molar-refractivity contribution is 5.88. The number of carbonyl (C=O) groups is 1. The second-order valence-corrected chi connectivity index (χ2v) is 6.64. The molecule has 0 atom stereocenters. The van der Waals surface area contributed by atoms with Crippen LogP contribution in [-0.2, 0) is 11.4 Å². The van der Waals surface area contributed by atoms with Gasteiger partial charge in [-0.1, -0.05) is 48.5 Å². The summed E-state index contributed by atoms with van der Waals surface area (Å²) in [7, 11) is 0. The van der Waals surface area contributed by atoms with Gasteiger partial charge in [0.1, 0.15) is 12.4 Å². The van der Waals surface area contributed by atoms with E-state index in [0.29, 0.717) is 6.61 Å². The van der Waals surface area contributed by atoms with E-state index in [1.807, 2.05) is 95.8 Å². The summed E-state index contributed by atoms with van der Waals surface area (Å²) in [5.74, 6) is 0.630. The fourth-order valence-electron chi connectivity index (χ4n) is 3.07. The van der Waals surface area contributed by atoms with Gasteiger partial charge in [-0.3, -0.25) is 4.79 Å². The molecule has 5 nitrogen and oxygen atoms in total. The van der Waals surface area contributed by atoms with Gasteiger partial charge in [0.15, 0.2) is 0 Å². The molecule has 1 heterocycles. The van der Waals surface area contributed by atoms with Gasteiger partial charge in [0.25, 0.3) is 0 Å². The second-order valence-electron chi connectivity index (χ2n) is 6.64. The van der Waals surface area contributed by atoms with Gasteiger partial charge in [-0.05, 0) is 36.4 Å². The lowest BCUT2D eigenvalue weighted by Gasteiger charge is -2.08. The molecule has 0 fully saturated rings. The molecule has 0 aliphatic heterocycles. The molecule has 1 aromatic heterocycles. The van der Waals surface area contributed by atoms with E-state index in [1.165, 1.54) is 6.92 Å². The SMILES string of the molecule is CC(=O)Nc1ccc(OCc2cn(-c3ccccc3)nc2-c2ccccc2)cc1. The molecule has 0 aliphatic rings. The Morgan fingerprint density at radius 1 is 0.931 bits per heavy atom. The highest BCUT2D eigenvalue weighted by atomic mass is 16.5. The molecule has 5 heteroatoms. The van der Waals surface area contributed by atoms with Crippen LogP contribution >= 0.6 is 0 Å². The minimum Gasteiger partial charge on any atom is -0.489 e. The third kappa shape index (κ3) is 4.52. The van der Waals surface area contributed by atoms with Gasteiger partial charge in [-0.15, -0.1) is 0 Å². The fraction of sp³-hybridized carbons (Fsp3) is 0.0833. The molecular formula is C24H21N3O2. The van der Waals surface area contributed by atoms with Crippen LogP contribution in [0, 0.1) is 0 Å². The van der Waals surface area contributed by atoms with Gasteiger partial charge in [0, 0.05) is 29.9 Å². The Labute approximate surface area is 169 Å². The summed E-state index contributed by atoms with van der Waals surface area (Å²) in [5, 5.41) is 7.55. The molecule has 1 N–H and O–H groups in total. The van der Waals surface area contributed by atoms with E-state index >= 15 is 0 Å². The van der Waals surface area contributed by atoms with Crippen LogP contribution in [0.15, 0.2) is 91.1 Å². The molecule has 29 heavy (non-hydrogen) atoms. The van der Waals surface area contributed by atoms with Crippen LogP contribution in [0.2, 0.25) is 0 Å². The number of hydrogen-bond acceptors (Lipinski definition) is 3. The Bertz CT molecular complexity index is 1090. The molecule has 1 amide bonds. The Balaban J connectivity index is 1.59. The van der Waals surface area contributed by atoms with Crippen molar-refractivity contribution in [3.8, 4) is 22.7 Å². The first-order valence-electron chi connectivity index (χ1n) is 9.39. The number of nitrogens with one attached hydrogen (secondary N) is 1. The minimum absolute atomic E-state index is 0.0977. The number of anilines is 1. The number of ether oxygens (including phenoxy) is 1. The summed E-state index contributed by atoms with van der Waals surface area (Å²) in [5.41, 5.74) is 4.67. The van der Waals surface area contributed by atoms with Crippen LogP contribution in [0.5, 0.6) is 5.75 Å². The van der Waals surface area contributed by atoms with Crippen LogP contribution < -0.4 is 10.1 Å². The average Bonchev–Trinajstić information content (AvgIpc) is 3.18. The Morgan fingerprint density at radius 3 is 2.24 bits per heavy atom. The van der Waals surface area contributed by atoms with Crippen molar-refractivity contribution in [1.29, 1.82) is 0 Å².